The maximum absolute atomic E-state index is 12.1. The van der Waals surface area contributed by atoms with E-state index in [0.29, 0.717) is 10.6 Å². The number of rotatable bonds is 3. The van der Waals surface area contributed by atoms with E-state index in [9.17, 15) is 4.79 Å². The predicted molar refractivity (Wildman–Crippen MR) is 80.3 cm³/mol. The SMILES string of the molecule is COc1cccc(-n2c([C@H]3CCCNC3=O)n[nH]c2=S)c1. The largest absolute Gasteiger partial charge is 0.497 e. The summed E-state index contributed by atoms with van der Waals surface area (Å²) >= 11 is 5.31. The van der Waals surface area contributed by atoms with Crippen LogP contribution < -0.4 is 10.1 Å². The van der Waals surface area contributed by atoms with E-state index in [-0.39, 0.29) is 11.8 Å². The Kier molecular flexibility index (Phi) is 3.74. The highest BCUT2D eigenvalue weighted by atomic mass is 32.1. The lowest BCUT2D eigenvalue weighted by atomic mass is 9.97. The molecule has 1 aliphatic heterocycles. The van der Waals surface area contributed by atoms with Gasteiger partial charge in [0.15, 0.2) is 4.77 Å². The highest BCUT2D eigenvalue weighted by Gasteiger charge is 2.29. The van der Waals surface area contributed by atoms with Crippen molar-refractivity contribution in [2.45, 2.75) is 18.8 Å². The molecule has 2 aromatic rings. The topological polar surface area (TPSA) is 71.9 Å². The van der Waals surface area contributed by atoms with E-state index in [4.69, 9.17) is 17.0 Å². The molecule has 1 aliphatic rings. The van der Waals surface area contributed by atoms with Crippen molar-refractivity contribution in [3.63, 3.8) is 0 Å². The molecule has 0 spiro atoms. The van der Waals surface area contributed by atoms with Crippen molar-refractivity contribution in [3.8, 4) is 11.4 Å². The number of methoxy groups -OCH3 is 1. The summed E-state index contributed by atoms with van der Waals surface area (Å²) in [4.78, 5) is 12.1. The fourth-order valence-corrected chi connectivity index (χ4v) is 2.80. The maximum Gasteiger partial charge on any atom is 0.230 e. The van der Waals surface area contributed by atoms with Crippen molar-refractivity contribution in [3.05, 3.63) is 34.9 Å². The van der Waals surface area contributed by atoms with Crippen LogP contribution in [0.2, 0.25) is 0 Å². The quantitative estimate of drug-likeness (QED) is 0.850. The van der Waals surface area contributed by atoms with Crippen molar-refractivity contribution in [1.82, 2.24) is 20.1 Å². The van der Waals surface area contributed by atoms with Crippen LogP contribution in [0.3, 0.4) is 0 Å². The summed E-state index contributed by atoms with van der Waals surface area (Å²) in [5.41, 5.74) is 0.835. The number of hydrogen-bond acceptors (Lipinski definition) is 4. The molecule has 1 amide bonds. The van der Waals surface area contributed by atoms with Crippen molar-refractivity contribution in [2.24, 2.45) is 0 Å². The van der Waals surface area contributed by atoms with Gasteiger partial charge in [0.05, 0.1) is 18.7 Å². The van der Waals surface area contributed by atoms with Gasteiger partial charge in [-0.25, -0.2) is 0 Å². The summed E-state index contributed by atoms with van der Waals surface area (Å²) in [6, 6.07) is 7.53. The van der Waals surface area contributed by atoms with E-state index < -0.39 is 0 Å². The van der Waals surface area contributed by atoms with Gasteiger partial charge in [0.1, 0.15) is 11.6 Å². The number of nitrogens with zero attached hydrogens (tertiary/aromatic N) is 2. The third-order valence-electron chi connectivity index (χ3n) is 3.61. The van der Waals surface area contributed by atoms with Crippen molar-refractivity contribution in [1.29, 1.82) is 0 Å². The molecule has 0 aliphatic carbocycles. The normalized spacial score (nSPS) is 18.3. The summed E-state index contributed by atoms with van der Waals surface area (Å²) in [6.07, 6.45) is 1.71. The summed E-state index contributed by atoms with van der Waals surface area (Å²) < 4.78 is 7.51. The minimum atomic E-state index is -0.280. The Morgan fingerprint density at radius 2 is 2.33 bits per heavy atom. The average Bonchev–Trinajstić information content (AvgIpc) is 2.89. The van der Waals surface area contributed by atoms with Gasteiger partial charge in [-0.2, -0.15) is 5.10 Å². The summed E-state index contributed by atoms with van der Waals surface area (Å²) in [6.45, 7) is 0.722. The number of amides is 1. The highest BCUT2D eigenvalue weighted by Crippen LogP contribution is 2.26. The van der Waals surface area contributed by atoms with Crippen molar-refractivity contribution >= 4 is 18.1 Å². The van der Waals surface area contributed by atoms with E-state index in [1.807, 2.05) is 24.3 Å². The first-order chi connectivity index (χ1) is 10.2. The molecule has 110 valence electrons. The fraction of sp³-hybridized carbons (Fsp3) is 0.357. The van der Waals surface area contributed by atoms with Gasteiger partial charge in [0.25, 0.3) is 0 Å². The molecule has 3 rings (SSSR count). The maximum atomic E-state index is 12.1. The van der Waals surface area contributed by atoms with Gasteiger partial charge in [-0.15, -0.1) is 0 Å². The zero-order valence-corrected chi connectivity index (χ0v) is 12.4. The molecule has 0 bridgehead atoms. The molecular formula is C14H16N4O2S. The summed E-state index contributed by atoms with van der Waals surface area (Å²) in [5.74, 6) is 1.09. The molecule has 1 atom stereocenters. The molecule has 0 radical (unpaired) electrons. The molecule has 1 saturated heterocycles. The second-order valence-electron chi connectivity index (χ2n) is 4.91. The van der Waals surface area contributed by atoms with Crippen LogP contribution >= 0.6 is 12.2 Å². The molecule has 1 aromatic heterocycles. The lowest BCUT2D eigenvalue weighted by Gasteiger charge is -2.21. The molecule has 2 N–H and O–H groups in total. The van der Waals surface area contributed by atoms with Crippen LogP contribution in [-0.4, -0.2) is 34.3 Å². The Balaban J connectivity index is 2.08. The van der Waals surface area contributed by atoms with Crippen LogP contribution in [0.25, 0.3) is 5.69 Å². The molecule has 1 fully saturated rings. The average molecular weight is 304 g/mol. The van der Waals surface area contributed by atoms with E-state index >= 15 is 0 Å². The highest BCUT2D eigenvalue weighted by molar-refractivity contribution is 7.71. The van der Waals surface area contributed by atoms with Gasteiger partial charge in [-0.05, 0) is 37.2 Å². The molecule has 1 aromatic carbocycles. The number of ether oxygens (including phenoxy) is 1. The minimum Gasteiger partial charge on any atom is -0.497 e. The minimum absolute atomic E-state index is 0.000559. The van der Waals surface area contributed by atoms with Gasteiger partial charge < -0.3 is 10.1 Å². The van der Waals surface area contributed by atoms with Crippen LogP contribution in [0.5, 0.6) is 5.75 Å². The first-order valence-electron chi connectivity index (χ1n) is 6.80. The number of aromatic amines is 1. The Morgan fingerprint density at radius 1 is 1.48 bits per heavy atom. The molecular weight excluding hydrogens is 288 g/mol. The second kappa shape index (κ2) is 5.69. The number of hydrogen-bond donors (Lipinski definition) is 2. The van der Waals surface area contributed by atoms with Gasteiger partial charge in [0, 0.05) is 12.6 Å². The third-order valence-corrected chi connectivity index (χ3v) is 3.88. The van der Waals surface area contributed by atoms with E-state index in [0.717, 1.165) is 30.8 Å². The van der Waals surface area contributed by atoms with Crippen molar-refractivity contribution < 1.29 is 9.53 Å². The zero-order chi connectivity index (χ0) is 14.8. The number of carbonyl (C=O) groups is 1. The number of benzene rings is 1. The number of aromatic nitrogens is 3. The number of carbonyl (C=O) groups excluding carboxylic acids is 1. The summed E-state index contributed by atoms with van der Waals surface area (Å²) in [5, 5.41) is 9.93. The number of H-pyrrole nitrogens is 1. The van der Waals surface area contributed by atoms with E-state index in [2.05, 4.69) is 15.5 Å². The van der Waals surface area contributed by atoms with Gasteiger partial charge >= 0.3 is 0 Å². The predicted octanol–water partition coefficient (Wildman–Crippen LogP) is 1.93. The Bertz CT molecular complexity index is 722. The molecule has 6 nitrogen and oxygen atoms in total. The lowest BCUT2D eigenvalue weighted by molar-refractivity contribution is -0.124. The Labute approximate surface area is 127 Å². The summed E-state index contributed by atoms with van der Waals surface area (Å²) in [7, 11) is 1.61. The van der Waals surface area contributed by atoms with E-state index in [1.165, 1.54) is 0 Å². The Morgan fingerprint density at radius 3 is 3.10 bits per heavy atom. The van der Waals surface area contributed by atoms with Crippen LogP contribution in [-0.2, 0) is 4.79 Å². The molecule has 0 saturated carbocycles. The monoisotopic (exact) mass is 304 g/mol. The lowest BCUT2D eigenvalue weighted by Crippen LogP contribution is -2.36. The third kappa shape index (κ3) is 2.56. The van der Waals surface area contributed by atoms with Crippen LogP contribution in [0.15, 0.2) is 24.3 Å². The fourth-order valence-electron chi connectivity index (χ4n) is 2.56. The van der Waals surface area contributed by atoms with Gasteiger partial charge in [-0.3, -0.25) is 14.5 Å². The standard InChI is InChI=1S/C14H16N4O2S/c1-20-10-5-2-4-9(8-10)18-12(16-17-14(18)21)11-6-3-7-15-13(11)19/h2,4-5,8,11H,3,6-7H2,1H3,(H,15,19)(H,17,21)/t11-/m1/s1. The smallest absolute Gasteiger partial charge is 0.230 e. The van der Waals surface area contributed by atoms with Crippen molar-refractivity contribution in [2.75, 3.05) is 13.7 Å². The molecule has 7 heteroatoms. The first-order valence-corrected chi connectivity index (χ1v) is 7.21. The Hall–Kier alpha value is -2.15. The van der Waals surface area contributed by atoms with Gasteiger partial charge in [0.2, 0.25) is 5.91 Å². The van der Waals surface area contributed by atoms with Crippen LogP contribution in [0, 0.1) is 4.77 Å². The zero-order valence-electron chi connectivity index (χ0n) is 11.6. The van der Waals surface area contributed by atoms with Crippen LogP contribution in [0.4, 0.5) is 0 Å². The molecule has 21 heavy (non-hydrogen) atoms. The first kappa shape index (κ1) is 13.8. The molecule has 0 unspecified atom stereocenters. The van der Waals surface area contributed by atoms with Gasteiger partial charge in [-0.1, -0.05) is 6.07 Å². The van der Waals surface area contributed by atoms with Crippen LogP contribution in [0.1, 0.15) is 24.6 Å². The number of nitrogens with one attached hydrogen (secondary N) is 2. The number of piperidine rings is 1. The molecule has 2 heterocycles. The van der Waals surface area contributed by atoms with E-state index in [1.54, 1.807) is 11.7 Å². The second-order valence-corrected chi connectivity index (χ2v) is 5.30.